The summed E-state index contributed by atoms with van der Waals surface area (Å²) in [5, 5.41) is 0. The summed E-state index contributed by atoms with van der Waals surface area (Å²) in [5.74, 6) is 0.656. The van der Waals surface area contributed by atoms with Gasteiger partial charge in [0.15, 0.2) is 0 Å². The third kappa shape index (κ3) is 2.27. The highest BCUT2D eigenvalue weighted by Crippen LogP contribution is 2.54. The second-order valence-corrected chi connectivity index (χ2v) is 5.04. The van der Waals surface area contributed by atoms with Crippen molar-refractivity contribution < 1.29 is 18.3 Å². The number of rotatable bonds is 5. The molecule has 0 spiro atoms. The van der Waals surface area contributed by atoms with E-state index in [4.69, 9.17) is 15.2 Å². The van der Waals surface area contributed by atoms with Crippen molar-refractivity contribution >= 4 is 0 Å². The normalized spacial score (nSPS) is 18.3. The lowest BCUT2D eigenvalue weighted by Crippen LogP contribution is -2.32. The summed E-state index contributed by atoms with van der Waals surface area (Å²) < 4.78 is 36.3. The number of methoxy groups -OCH3 is 2. The van der Waals surface area contributed by atoms with E-state index in [0.717, 1.165) is 18.4 Å². The summed E-state index contributed by atoms with van der Waals surface area (Å²) >= 11 is 0. The maximum atomic E-state index is 13.0. The first-order valence-electron chi connectivity index (χ1n) is 6.26. The van der Waals surface area contributed by atoms with E-state index in [-0.39, 0.29) is 22.8 Å². The van der Waals surface area contributed by atoms with Gasteiger partial charge < -0.3 is 15.2 Å². The summed E-state index contributed by atoms with van der Waals surface area (Å²) in [6.45, 7) is 1.93. The third-order valence-electron chi connectivity index (χ3n) is 3.98. The Morgan fingerprint density at radius 2 is 1.74 bits per heavy atom. The van der Waals surface area contributed by atoms with E-state index in [1.165, 1.54) is 20.3 Å². The van der Waals surface area contributed by atoms with Crippen LogP contribution in [-0.4, -0.2) is 20.3 Å². The highest BCUT2D eigenvalue weighted by molar-refractivity contribution is 5.53. The van der Waals surface area contributed by atoms with Gasteiger partial charge in [-0.15, -0.1) is 0 Å². The van der Waals surface area contributed by atoms with Crippen LogP contribution in [0.5, 0.6) is 11.5 Å². The Balaban J connectivity index is 2.55. The minimum atomic E-state index is -2.59. The number of hydrogen-bond donors (Lipinski definition) is 1. The van der Waals surface area contributed by atoms with E-state index >= 15 is 0 Å². The van der Waals surface area contributed by atoms with E-state index in [9.17, 15) is 8.78 Å². The molecule has 0 aliphatic heterocycles. The number of ether oxygens (including phenoxy) is 2. The number of alkyl halides is 2. The highest BCUT2D eigenvalue weighted by Gasteiger charge is 2.49. The van der Waals surface area contributed by atoms with Gasteiger partial charge in [0.05, 0.1) is 19.8 Å². The average molecular weight is 271 g/mol. The fraction of sp³-hybridized carbons (Fsp3) is 0.571. The minimum Gasteiger partial charge on any atom is -0.496 e. The fourth-order valence-electron chi connectivity index (χ4n) is 2.59. The second kappa shape index (κ2) is 4.96. The molecule has 106 valence electrons. The third-order valence-corrected chi connectivity index (χ3v) is 3.98. The molecule has 1 fully saturated rings. The Kier molecular flexibility index (Phi) is 3.67. The van der Waals surface area contributed by atoms with Crippen molar-refractivity contribution in [1.29, 1.82) is 0 Å². The van der Waals surface area contributed by atoms with E-state index in [1.54, 1.807) is 6.07 Å². The van der Waals surface area contributed by atoms with Gasteiger partial charge in [0, 0.05) is 17.0 Å². The van der Waals surface area contributed by atoms with Gasteiger partial charge in [0.1, 0.15) is 11.5 Å². The molecular formula is C14H19F2NO2. The van der Waals surface area contributed by atoms with Crippen LogP contribution in [0.1, 0.15) is 37.3 Å². The minimum absolute atomic E-state index is 0.0523. The first-order valence-corrected chi connectivity index (χ1v) is 6.26. The van der Waals surface area contributed by atoms with E-state index in [1.807, 2.05) is 6.92 Å². The van der Waals surface area contributed by atoms with Crippen LogP contribution < -0.4 is 15.2 Å². The van der Waals surface area contributed by atoms with Crippen LogP contribution in [0, 0.1) is 0 Å². The molecule has 5 heteroatoms. The van der Waals surface area contributed by atoms with Crippen LogP contribution in [0.15, 0.2) is 12.1 Å². The van der Waals surface area contributed by atoms with Gasteiger partial charge in [0.25, 0.3) is 6.43 Å². The largest absolute Gasteiger partial charge is 0.496 e. The van der Waals surface area contributed by atoms with Crippen LogP contribution in [0.3, 0.4) is 0 Å². The molecule has 1 aromatic carbocycles. The molecule has 0 amide bonds. The predicted molar refractivity (Wildman–Crippen MR) is 69.1 cm³/mol. The van der Waals surface area contributed by atoms with Crippen LogP contribution >= 0.6 is 0 Å². The summed E-state index contributed by atoms with van der Waals surface area (Å²) in [5.41, 5.74) is 6.58. The maximum Gasteiger partial charge on any atom is 0.267 e. The summed E-state index contributed by atoms with van der Waals surface area (Å²) in [6.07, 6.45) is -0.709. The van der Waals surface area contributed by atoms with E-state index in [2.05, 4.69) is 0 Å². The molecule has 2 N–H and O–H groups in total. The number of nitrogens with two attached hydrogens (primary N) is 1. The molecule has 1 saturated carbocycles. The molecule has 0 bridgehead atoms. The standard InChI is InChI=1S/C14H19F2NO2/c1-8(17)14(4-5-14)10-7-11(18-2)9(13(15)16)6-12(10)19-3/h6-8,13H,4-5,17H2,1-3H3. The van der Waals surface area contributed by atoms with Crippen molar-refractivity contribution in [1.82, 2.24) is 0 Å². The molecule has 1 aliphatic rings. The molecule has 0 saturated heterocycles. The van der Waals surface area contributed by atoms with Gasteiger partial charge in [-0.3, -0.25) is 0 Å². The van der Waals surface area contributed by atoms with Gasteiger partial charge in [-0.05, 0) is 31.9 Å². The lowest BCUT2D eigenvalue weighted by molar-refractivity contribution is 0.146. The Bertz CT molecular complexity index is 471. The van der Waals surface area contributed by atoms with Crippen LogP contribution in [0.2, 0.25) is 0 Å². The average Bonchev–Trinajstić information content (AvgIpc) is 3.18. The van der Waals surface area contributed by atoms with Gasteiger partial charge >= 0.3 is 0 Å². The molecule has 0 aromatic heterocycles. The van der Waals surface area contributed by atoms with Gasteiger partial charge in [-0.2, -0.15) is 0 Å². The van der Waals surface area contributed by atoms with Crippen molar-refractivity contribution in [2.75, 3.05) is 14.2 Å². The van der Waals surface area contributed by atoms with Crippen LogP contribution in [0.25, 0.3) is 0 Å². The quantitative estimate of drug-likeness (QED) is 0.895. The topological polar surface area (TPSA) is 44.5 Å². The van der Waals surface area contributed by atoms with Gasteiger partial charge in [-0.25, -0.2) is 8.78 Å². The Morgan fingerprint density at radius 3 is 2.11 bits per heavy atom. The van der Waals surface area contributed by atoms with Gasteiger partial charge in [0.2, 0.25) is 0 Å². The SMILES string of the molecule is COc1cc(C2(C(C)N)CC2)c(OC)cc1C(F)F. The zero-order chi connectivity index (χ0) is 14.2. The fourth-order valence-corrected chi connectivity index (χ4v) is 2.59. The zero-order valence-electron chi connectivity index (χ0n) is 11.4. The van der Waals surface area contributed by atoms with Crippen molar-refractivity contribution in [3.8, 4) is 11.5 Å². The lowest BCUT2D eigenvalue weighted by atomic mass is 9.87. The molecular weight excluding hydrogens is 252 g/mol. The molecule has 0 heterocycles. The van der Waals surface area contributed by atoms with Crippen molar-refractivity contribution in [2.45, 2.75) is 37.6 Å². The number of halogens is 2. The summed E-state index contributed by atoms with van der Waals surface area (Å²) in [4.78, 5) is 0. The van der Waals surface area contributed by atoms with Crippen LogP contribution in [-0.2, 0) is 5.41 Å². The first kappa shape index (κ1) is 14.1. The van der Waals surface area contributed by atoms with Gasteiger partial charge in [-0.1, -0.05) is 0 Å². The molecule has 2 rings (SSSR count). The Morgan fingerprint density at radius 1 is 1.16 bits per heavy atom. The first-order chi connectivity index (χ1) is 8.96. The molecule has 1 aromatic rings. The van der Waals surface area contributed by atoms with Crippen molar-refractivity contribution in [3.05, 3.63) is 23.3 Å². The smallest absolute Gasteiger partial charge is 0.267 e. The molecule has 1 unspecified atom stereocenters. The zero-order valence-corrected chi connectivity index (χ0v) is 11.4. The Labute approximate surface area is 111 Å². The maximum absolute atomic E-state index is 13.0. The van der Waals surface area contributed by atoms with Crippen molar-refractivity contribution in [3.63, 3.8) is 0 Å². The van der Waals surface area contributed by atoms with E-state index in [0.29, 0.717) is 5.75 Å². The van der Waals surface area contributed by atoms with E-state index < -0.39 is 6.43 Å². The monoisotopic (exact) mass is 271 g/mol. The summed E-state index contributed by atoms with van der Waals surface area (Å²) in [7, 11) is 2.88. The predicted octanol–water partition coefficient (Wildman–Crippen LogP) is 3.02. The second-order valence-electron chi connectivity index (χ2n) is 5.04. The molecule has 19 heavy (non-hydrogen) atoms. The Hall–Kier alpha value is -1.36. The molecule has 3 nitrogen and oxygen atoms in total. The number of benzene rings is 1. The number of hydrogen-bond acceptors (Lipinski definition) is 3. The molecule has 1 atom stereocenters. The summed E-state index contributed by atoms with van der Waals surface area (Å²) in [6, 6.07) is 2.96. The highest BCUT2D eigenvalue weighted by atomic mass is 19.3. The van der Waals surface area contributed by atoms with Crippen molar-refractivity contribution in [2.24, 2.45) is 5.73 Å². The van der Waals surface area contributed by atoms with Crippen LogP contribution in [0.4, 0.5) is 8.78 Å². The lowest BCUT2D eigenvalue weighted by Gasteiger charge is -2.24. The molecule has 1 aliphatic carbocycles. The molecule has 0 radical (unpaired) electrons.